The lowest BCUT2D eigenvalue weighted by Crippen LogP contribution is -2.29. The number of carbonyl (C=O) groups is 2. The summed E-state index contributed by atoms with van der Waals surface area (Å²) in [5.41, 5.74) is 2.41. The molecule has 2 unspecified atom stereocenters. The van der Waals surface area contributed by atoms with E-state index in [2.05, 4.69) is 0 Å². The van der Waals surface area contributed by atoms with Crippen molar-refractivity contribution in [1.29, 1.82) is 0 Å². The van der Waals surface area contributed by atoms with Crippen molar-refractivity contribution in [2.45, 2.75) is 32.4 Å². The molecule has 1 N–H and O–H groups in total. The molecule has 7 nitrogen and oxygen atoms in total. The average Bonchev–Trinajstić information content (AvgIpc) is 3.39. The van der Waals surface area contributed by atoms with Crippen LogP contribution in [0.15, 0.2) is 66.2 Å². The molecule has 0 aromatic heterocycles. The molecule has 37 heavy (non-hydrogen) atoms. The van der Waals surface area contributed by atoms with E-state index < -0.39 is 17.7 Å². The highest BCUT2D eigenvalue weighted by atomic mass is 35.5. The van der Waals surface area contributed by atoms with E-state index in [-0.39, 0.29) is 17.4 Å². The molecule has 1 saturated heterocycles. The summed E-state index contributed by atoms with van der Waals surface area (Å²) in [5, 5.41) is 12.0. The van der Waals surface area contributed by atoms with E-state index in [0.717, 1.165) is 11.3 Å². The monoisotopic (exact) mass is 519 g/mol. The number of ketones is 1. The predicted molar refractivity (Wildman–Crippen MR) is 141 cm³/mol. The van der Waals surface area contributed by atoms with E-state index in [4.69, 9.17) is 25.8 Å². The second kappa shape index (κ2) is 9.82. The number of carbonyl (C=O) groups excluding carboxylic acids is 2. The molecule has 3 aromatic rings. The first-order valence-corrected chi connectivity index (χ1v) is 12.4. The Morgan fingerprint density at radius 2 is 1.84 bits per heavy atom. The second-order valence-corrected chi connectivity index (χ2v) is 9.38. The van der Waals surface area contributed by atoms with Crippen molar-refractivity contribution in [1.82, 2.24) is 0 Å². The van der Waals surface area contributed by atoms with Gasteiger partial charge in [-0.1, -0.05) is 17.7 Å². The fourth-order valence-electron chi connectivity index (χ4n) is 4.87. The number of ether oxygens (including phenoxy) is 3. The summed E-state index contributed by atoms with van der Waals surface area (Å²) in [6.07, 6.45) is 0.717. The molecule has 2 aliphatic heterocycles. The van der Waals surface area contributed by atoms with Crippen LogP contribution in [-0.2, 0) is 16.0 Å². The van der Waals surface area contributed by atoms with Gasteiger partial charge in [0.05, 0.1) is 25.3 Å². The first kappa shape index (κ1) is 24.7. The molecular formula is C29H26ClNO6. The van der Waals surface area contributed by atoms with Gasteiger partial charge in [-0.15, -0.1) is 0 Å². The molecule has 0 saturated carbocycles. The van der Waals surface area contributed by atoms with Gasteiger partial charge in [0, 0.05) is 22.7 Å². The molecule has 8 heteroatoms. The molecule has 2 atom stereocenters. The van der Waals surface area contributed by atoms with Crippen LogP contribution in [0.4, 0.5) is 5.69 Å². The summed E-state index contributed by atoms with van der Waals surface area (Å²) in [4.78, 5) is 28.2. The van der Waals surface area contributed by atoms with Gasteiger partial charge >= 0.3 is 0 Å². The van der Waals surface area contributed by atoms with E-state index in [1.165, 1.54) is 12.0 Å². The van der Waals surface area contributed by atoms with Gasteiger partial charge in [0.2, 0.25) is 0 Å². The molecule has 2 aliphatic rings. The highest BCUT2D eigenvalue weighted by molar-refractivity contribution is 6.51. The zero-order valence-corrected chi connectivity index (χ0v) is 21.4. The third-order valence-corrected chi connectivity index (χ3v) is 6.77. The van der Waals surface area contributed by atoms with Gasteiger partial charge in [-0.3, -0.25) is 14.5 Å². The molecule has 1 amide bonds. The lowest BCUT2D eigenvalue weighted by atomic mass is 9.94. The van der Waals surface area contributed by atoms with Crippen molar-refractivity contribution in [2.24, 2.45) is 0 Å². The number of halogens is 1. The molecule has 5 rings (SSSR count). The number of benzene rings is 3. The SMILES string of the molecule is CCOc1cc(C2/C(=C(\O)c3ccc4c(c3)CC(C)O4)C(=O)C(=O)N2c2ccc(Cl)cc2)ccc1OC. The van der Waals surface area contributed by atoms with Crippen LogP contribution in [0.2, 0.25) is 5.02 Å². The van der Waals surface area contributed by atoms with Crippen LogP contribution in [0.1, 0.15) is 36.6 Å². The summed E-state index contributed by atoms with van der Waals surface area (Å²) < 4.78 is 16.9. The lowest BCUT2D eigenvalue weighted by molar-refractivity contribution is -0.132. The van der Waals surface area contributed by atoms with Crippen molar-refractivity contribution >= 4 is 34.7 Å². The van der Waals surface area contributed by atoms with Crippen molar-refractivity contribution in [3.05, 3.63) is 87.9 Å². The Hall–Kier alpha value is -3.97. The highest BCUT2D eigenvalue weighted by Crippen LogP contribution is 2.45. The highest BCUT2D eigenvalue weighted by Gasteiger charge is 2.47. The van der Waals surface area contributed by atoms with E-state index in [1.807, 2.05) is 13.8 Å². The van der Waals surface area contributed by atoms with Crippen LogP contribution in [0.3, 0.4) is 0 Å². The van der Waals surface area contributed by atoms with Crippen molar-refractivity contribution in [2.75, 3.05) is 18.6 Å². The fraction of sp³-hybridized carbons (Fsp3) is 0.241. The van der Waals surface area contributed by atoms with Gasteiger partial charge < -0.3 is 19.3 Å². The molecule has 1 fully saturated rings. The quantitative estimate of drug-likeness (QED) is 0.255. The zero-order valence-electron chi connectivity index (χ0n) is 20.7. The minimum absolute atomic E-state index is 0.0144. The predicted octanol–water partition coefficient (Wildman–Crippen LogP) is 5.70. The number of nitrogens with zero attached hydrogens (tertiary/aromatic N) is 1. The normalized spacial score (nSPS) is 20.1. The van der Waals surface area contributed by atoms with E-state index in [1.54, 1.807) is 60.7 Å². The standard InChI is InChI=1S/C29H26ClNO6/c1-4-36-24-15-17(5-12-23(24)35-3)26-25(27(32)18-6-11-22-19(14-18)13-16(2)37-22)28(33)29(34)31(26)21-9-7-20(30)8-10-21/h5-12,14-16,26,32H,4,13H2,1-3H3/b27-25+. The number of hydrogen-bond acceptors (Lipinski definition) is 6. The molecule has 0 aliphatic carbocycles. The molecular weight excluding hydrogens is 494 g/mol. The van der Waals surface area contributed by atoms with Crippen LogP contribution in [0.25, 0.3) is 5.76 Å². The van der Waals surface area contributed by atoms with Gasteiger partial charge in [0.1, 0.15) is 17.6 Å². The molecule has 2 heterocycles. The van der Waals surface area contributed by atoms with E-state index >= 15 is 0 Å². The minimum atomic E-state index is -0.908. The Balaban J connectivity index is 1.70. The minimum Gasteiger partial charge on any atom is -0.507 e. The van der Waals surface area contributed by atoms with Crippen LogP contribution in [0.5, 0.6) is 17.2 Å². The van der Waals surface area contributed by atoms with Crippen LogP contribution in [-0.4, -0.2) is 36.6 Å². The maximum absolute atomic E-state index is 13.5. The Labute approximate surface area is 219 Å². The summed E-state index contributed by atoms with van der Waals surface area (Å²) in [5.74, 6) is -0.0542. The van der Waals surface area contributed by atoms with Crippen molar-refractivity contribution in [3.63, 3.8) is 0 Å². The first-order chi connectivity index (χ1) is 17.8. The van der Waals surface area contributed by atoms with Crippen LogP contribution < -0.4 is 19.1 Å². The summed E-state index contributed by atoms with van der Waals surface area (Å²) >= 11 is 6.08. The zero-order chi connectivity index (χ0) is 26.3. The largest absolute Gasteiger partial charge is 0.507 e. The van der Waals surface area contributed by atoms with Gasteiger partial charge in [0.15, 0.2) is 11.5 Å². The smallest absolute Gasteiger partial charge is 0.300 e. The summed E-state index contributed by atoms with van der Waals surface area (Å²) in [7, 11) is 1.54. The Morgan fingerprint density at radius 1 is 1.08 bits per heavy atom. The Kier molecular flexibility index (Phi) is 6.56. The molecule has 0 spiro atoms. The maximum Gasteiger partial charge on any atom is 0.300 e. The summed E-state index contributed by atoms with van der Waals surface area (Å²) in [6, 6.07) is 16.2. The maximum atomic E-state index is 13.5. The third-order valence-electron chi connectivity index (χ3n) is 6.52. The van der Waals surface area contributed by atoms with Crippen molar-refractivity contribution in [3.8, 4) is 17.2 Å². The average molecular weight is 520 g/mol. The number of rotatable bonds is 6. The number of hydrogen-bond donors (Lipinski definition) is 1. The number of Topliss-reactive ketones (excluding diaryl/α,β-unsaturated/α-hetero) is 1. The Bertz CT molecular complexity index is 1410. The van der Waals surface area contributed by atoms with E-state index in [9.17, 15) is 14.7 Å². The number of aliphatic hydroxyl groups is 1. The molecule has 0 bridgehead atoms. The molecule has 190 valence electrons. The van der Waals surface area contributed by atoms with Crippen LogP contribution in [0, 0.1) is 0 Å². The van der Waals surface area contributed by atoms with Crippen molar-refractivity contribution < 1.29 is 28.9 Å². The number of aliphatic hydroxyl groups excluding tert-OH is 1. The summed E-state index contributed by atoms with van der Waals surface area (Å²) in [6.45, 7) is 4.22. The number of methoxy groups -OCH3 is 1. The fourth-order valence-corrected chi connectivity index (χ4v) is 5.00. The third kappa shape index (κ3) is 4.40. The Morgan fingerprint density at radius 3 is 2.54 bits per heavy atom. The number of anilines is 1. The number of fused-ring (bicyclic) bond motifs is 1. The van der Waals surface area contributed by atoms with Gasteiger partial charge in [-0.2, -0.15) is 0 Å². The topological polar surface area (TPSA) is 85.3 Å². The van der Waals surface area contributed by atoms with Gasteiger partial charge in [-0.05, 0) is 79.6 Å². The lowest BCUT2D eigenvalue weighted by Gasteiger charge is -2.26. The van der Waals surface area contributed by atoms with E-state index in [0.29, 0.717) is 46.4 Å². The molecule has 0 radical (unpaired) electrons. The molecule has 3 aromatic carbocycles. The van der Waals surface area contributed by atoms with Crippen LogP contribution >= 0.6 is 11.6 Å². The number of amides is 1. The second-order valence-electron chi connectivity index (χ2n) is 8.94. The van der Waals surface area contributed by atoms with Gasteiger partial charge in [-0.25, -0.2) is 0 Å². The first-order valence-electron chi connectivity index (χ1n) is 12.0. The van der Waals surface area contributed by atoms with Gasteiger partial charge in [0.25, 0.3) is 11.7 Å².